The molecule has 0 bridgehead atoms. The summed E-state index contributed by atoms with van der Waals surface area (Å²) in [7, 11) is 1.64. The van der Waals surface area contributed by atoms with E-state index in [9.17, 15) is 0 Å². The number of methoxy groups -OCH3 is 1. The van der Waals surface area contributed by atoms with E-state index in [0.717, 1.165) is 22.6 Å². The van der Waals surface area contributed by atoms with Gasteiger partial charge in [0.2, 0.25) is 0 Å². The van der Waals surface area contributed by atoms with E-state index in [0.29, 0.717) is 6.61 Å². The number of benzene rings is 1. The smallest absolute Gasteiger partial charge is 0.137 e. The molecule has 0 fully saturated rings. The van der Waals surface area contributed by atoms with Gasteiger partial charge in [0.05, 0.1) is 26.0 Å². The fourth-order valence-electron chi connectivity index (χ4n) is 2.11. The molecule has 2 rings (SSSR count). The fraction of sp³-hybridized carbons (Fsp3) is 0.267. The van der Waals surface area contributed by atoms with Gasteiger partial charge in [-0.3, -0.25) is 10.8 Å². The maximum atomic E-state index is 5.71. The predicted octanol–water partition coefficient (Wildman–Crippen LogP) is 2.04. The number of ether oxygens (including phenoxy) is 2. The third kappa shape index (κ3) is 3.07. The van der Waals surface area contributed by atoms with Crippen molar-refractivity contribution in [3.63, 3.8) is 0 Å². The van der Waals surface area contributed by atoms with Gasteiger partial charge in [-0.1, -0.05) is 18.2 Å². The third-order valence-corrected chi connectivity index (χ3v) is 3.00. The predicted molar refractivity (Wildman–Crippen MR) is 77.6 cm³/mol. The van der Waals surface area contributed by atoms with E-state index in [4.69, 9.17) is 15.3 Å². The number of hydrazine groups is 1. The molecule has 0 aliphatic rings. The Morgan fingerprint density at radius 1 is 1.30 bits per heavy atom. The van der Waals surface area contributed by atoms with Gasteiger partial charge in [0, 0.05) is 11.8 Å². The minimum Gasteiger partial charge on any atom is -0.496 e. The summed E-state index contributed by atoms with van der Waals surface area (Å²) in [5, 5.41) is 0. The highest BCUT2D eigenvalue weighted by Gasteiger charge is 2.17. The van der Waals surface area contributed by atoms with Crippen LogP contribution in [0.3, 0.4) is 0 Å². The molecule has 1 unspecified atom stereocenters. The van der Waals surface area contributed by atoms with Gasteiger partial charge < -0.3 is 9.47 Å². The van der Waals surface area contributed by atoms with E-state index in [1.165, 1.54) is 0 Å². The molecule has 1 aromatic carbocycles. The lowest BCUT2D eigenvalue weighted by atomic mass is 10.00. The van der Waals surface area contributed by atoms with E-state index in [2.05, 4.69) is 10.4 Å². The van der Waals surface area contributed by atoms with Crippen molar-refractivity contribution in [3.05, 3.63) is 53.9 Å². The Bertz CT molecular complexity index is 560. The summed E-state index contributed by atoms with van der Waals surface area (Å²) in [6, 6.07) is 9.45. The summed E-state index contributed by atoms with van der Waals surface area (Å²) in [5.41, 5.74) is 4.67. The first kappa shape index (κ1) is 14.3. The summed E-state index contributed by atoms with van der Waals surface area (Å²) in [5.74, 6) is 7.21. The number of para-hydroxylation sites is 1. The molecule has 0 saturated carbocycles. The van der Waals surface area contributed by atoms with Crippen molar-refractivity contribution in [2.24, 2.45) is 5.84 Å². The number of aromatic nitrogens is 1. The van der Waals surface area contributed by atoms with Crippen molar-refractivity contribution in [2.75, 3.05) is 13.7 Å². The van der Waals surface area contributed by atoms with Crippen LogP contribution in [0.25, 0.3) is 0 Å². The summed E-state index contributed by atoms with van der Waals surface area (Å²) in [4.78, 5) is 4.19. The average Bonchev–Trinajstić information content (AvgIpc) is 2.49. The van der Waals surface area contributed by atoms with E-state index in [1.54, 1.807) is 19.5 Å². The molecule has 1 heterocycles. The number of pyridine rings is 1. The van der Waals surface area contributed by atoms with Crippen LogP contribution in [0, 0.1) is 0 Å². The van der Waals surface area contributed by atoms with Gasteiger partial charge in [0.1, 0.15) is 11.5 Å². The maximum absolute atomic E-state index is 5.71. The lowest BCUT2D eigenvalue weighted by Crippen LogP contribution is -2.29. The second kappa shape index (κ2) is 6.88. The zero-order chi connectivity index (χ0) is 14.4. The molecule has 5 nitrogen and oxygen atoms in total. The van der Waals surface area contributed by atoms with Crippen LogP contribution in [-0.2, 0) is 0 Å². The van der Waals surface area contributed by atoms with Gasteiger partial charge in [-0.05, 0) is 24.6 Å². The molecule has 106 valence electrons. The molecule has 1 atom stereocenters. The second-order valence-electron chi connectivity index (χ2n) is 4.23. The maximum Gasteiger partial charge on any atom is 0.137 e. The summed E-state index contributed by atoms with van der Waals surface area (Å²) < 4.78 is 10.9. The van der Waals surface area contributed by atoms with Crippen molar-refractivity contribution in [1.29, 1.82) is 0 Å². The minimum absolute atomic E-state index is 0.209. The molecular formula is C15H19N3O2. The Labute approximate surface area is 118 Å². The highest BCUT2D eigenvalue weighted by atomic mass is 16.5. The Morgan fingerprint density at radius 2 is 2.10 bits per heavy atom. The number of nitrogens with two attached hydrogens (primary N) is 1. The van der Waals surface area contributed by atoms with Gasteiger partial charge in [0.25, 0.3) is 0 Å². The van der Waals surface area contributed by atoms with Crippen LogP contribution in [-0.4, -0.2) is 18.7 Å². The molecule has 3 N–H and O–H groups in total. The standard InChI is InChI=1S/C15H19N3O2/c1-3-20-12-8-11(9-17-10-12)15(18-16)13-6-4-5-7-14(13)19-2/h4-10,15,18H,3,16H2,1-2H3. The summed E-state index contributed by atoms with van der Waals surface area (Å²) in [6.07, 6.45) is 3.45. The topological polar surface area (TPSA) is 69.4 Å². The van der Waals surface area contributed by atoms with Crippen molar-refractivity contribution in [1.82, 2.24) is 10.4 Å². The summed E-state index contributed by atoms with van der Waals surface area (Å²) >= 11 is 0. The van der Waals surface area contributed by atoms with Crippen molar-refractivity contribution < 1.29 is 9.47 Å². The Kier molecular flexibility index (Phi) is 4.92. The van der Waals surface area contributed by atoms with Gasteiger partial charge >= 0.3 is 0 Å². The minimum atomic E-state index is -0.209. The van der Waals surface area contributed by atoms with E-state index in [-0.39, 0.29) is 6.04 Å². The van der Waals surface area contributed by atoms with Gasteiger partial charge in [-0.15, -0.1) is 0 Å². The number of hydrogen-bond donors (Lipinski definition) is 2. The first-order valence-corrected chi connectivity index (χ1v) is 6.47. The second-order valence-corrected chi connectivity index (χ2v) is 4.23. The normalized spacial score (nSPS) is 11.9. The Morgan fingerprint density at radius 3 is 2.80 bits per heavy atom. The van der Waals surface area contributed by atoms with E-state index < -0.39 is 0 Å². The number of hydrogen-bond acceptors (Lipinski definition) is 5. The molecule has 0 saturated heterocycles. The number of rotatable bonds is 6. The zero-order valence-corrected chi connectivity index (χ0v) is 11.7. The first-order chi connectivity index (χ1) is 9.80. The first-order valence-electron chi connectivity index (χ1n) is 6.47. The molecule has 2 aromatic rings. The van der Waals surface area contributed by atoms with Gasteiger partial charge in [0.15, 0.2) is 0 Å². The molecule has 0 radical (unpaired) electrons. The van der Waals surface area contributed by atoms with Crippen LogP contribution in [0.4, 0.5) is 0 Å². The van der Waals surface area contributed by atoms with Crippen molar-refractivity contribution in [2.45, 2.75) is 13.0 Å². The molecule has 5 heteroatoms. The lowest BCUT2D eigenvalue weighted by Gasteiger charge is -2.19. The van der Waals surface area contributed by atoms with Crippen LogP contribution in [0.2, 0.25) is 0 Å². The van der Waals surface area contributed by atoms with E-state index >= 15 is 0 Å². The summed E-state index contributed by atoms with van der Waals surface area (Å²) in [6.45, 7) is 2.53. The Balaban J connectivity index is 2.39. The van der Waals surface area contributed by atoms with Crippen molar-refractivity contribution in [3.8, 4) is 11.5 Å². The lowest BCUT2D eigenvalue weighted by molar-refractivity contribution is 0.338. The third-order valence-electron chi connectivity index (χ3n) is 3.00. The molecule has 0 aliphatic heterocycles. The highest BCUT2D eigenvalue weighted by Crippen LogP contribution is 2.30. The van der Waals surface area contributed by atoms with Crippen molar-refractivity contribution >= 4 is 0 Å². The monoisotopic (exact) mass is 273 g/mol. The SMILES string of the molecule is CCOc1cncc(C(NN)c2ccccc2OC)c1. The number of nitrogens with one attached hydrogen (secondary N) is 1. The Hall–Kier alpha value is -2.11. The zero-order valence-electron chi connectivity index (χ0n) is 11.7. The van der Waals surface area contributed by atoms with Crippen LogP contribution in [0.5, 0.6) is 11.5 Å². The van der Waals surface area contributed by atoms with Gasteiger partial charge in [-0.2, -0.15) is 0 Å². The number of nitrogens with zero attached hydrogens (tertiary/aromatic N) is 1. The largest absolute Gasteiger partial charge is 0.496 e. The molecule has 0 spiro atoms. The van der Waals surface area contributed by atoms with Crippen LogP contribution >= 0.6 is 0 Å². The molecule has 20 heavy (non-hydrogen) atoms. The van der Waals surface area contributed by atoms with Crippen LogP contribution in [0.1, 0.15) is 24.1 Å². The molecule has 1 aromatic heterocycles. The molecule has 0 aliphatic carbocycles. The van der Waals surface area contributed by atoms with E-state index in [1.807, 2.05) is 37.3 Å². The van der Waals surface area contributed by atoms with Gasteiger partial charge in [-0.25, -0.2) is 5.43 Å². The van der Waals surface area contributed by atoms with Crippen LogP contribution < -0.4 is 20.7 Å². The van der Waals surface area contributed by atoms with Crippen LogP contribution in [0.15, 0.2) is 42.7 Å². The molecular weight excluding hydrogens is 254 g/mol. The highest BCUT2D eigenvalue weighted by molar-refractivity contribution is 5.42. The molecule has 0 amide bonds. The fourth-order valence-corrected chi connectivity index (χ4v) is 2.11. The average molecular weight is 273 g/mol. The quantitative estimate of drug-likeness (QED) is 0.622.